The van der Waals surface area contributed by atoms with Crippen molar-refractivity contribution in [2.75, 3.05) is 11.1 Å². The number of fused-ring (bicyclic) bond motifs is 1. The molecule has 4 N–H and O–H groups in total. The molecule has 2 aromatic heterocycles. The highest BCUT2D eigenvalue weighted by atomic mass is 32.1. The lowest BCUT2D eigenvalue weighted by Gasteiger charge is -2.01. The van der Waals surface area contributed by atoms with Crippen LogP contribution < -0.4 is 11.1 Å². The molecule has 2 heterocycles. The van der Waals surface area contributed by atoms with Crippen molar-refractivity contribution in [3.63, 3.8) is 0 Å². The number of nitrogens with one attached hydrogen (secondary N) is 2. The van der Waals surface area contributed by atoms with Crippen molar-refractivity contribution in [1.29, 1.82) is 0 Å². The second-order valence-electron chi connectivity index (χ2n) is 5.83. The van der Waals surface area contributed by atoms with Gasteiger partial charge in [0.1, 0.15) is 10.7 Å². The molecule has 0 spiro atoms. The van der Waals surface area contributed by atoms with E-state index in [0.29, 0.717) is 5.82 Å². The topological polar surface area (TPSA) is 79.6 Å². The van der Waals surface area contributed by atoms with Gasteiger partial charge in [-0.3, -0.25) is 0 Å². The predicted octanol–water partition coefficient (Wildman–Crippen LogP) is 4.63. The zero-order chi connectivity index (χ0) is 16.7. The van der Waals surface area contributed by atoms with E-state index in [1.807, 2.05) is 18.2 Å². The molecule has 0 aliphatic rings. The third kappa shape index (κ3) is 2.72. The molecule has 120 valence electrons. The highest BCUT2D eigenvalue weighted by Crippen LogP contribution is 2.35. The van der Waals surface area contributed by atoms with Crippen molar-refractivity contribution >= 4 is 39.0 Å². The van der Waals surface area contributed by atoms with Crippen LogP contribution in [0.25, 0.3) is 21.7 Å². The minimum Gasteiger partial charge on any atom is -0.382 e. The molecule has 0 fully saturated rings. The summed E-state index contributed by atoms with van der Waals surface area (Å²) in [7, 11) is 0. The maximum Gasteiger partial charge on any atom is 0.189 e. The number of anilines is 3. The zero-order valence-electron chi connectivity index (χ0n) is 13.4. The average molecular weight is 335 g/mol. The number of aryl methyl sites for hydroxylation is 2. The van der Waals surface area contributed by atoms with E-state index in [1.54, 1.807) is 0 Å². The normalized spacial score (nSPS) is 11.1. The second kappa shape index (κ2) is 5.65. The lowest BCUT2D eigenvalue weighted by atomic mass is 10.2. The van der Waals surface area contributed by atoms with E-state index in [-0.39, 0.29) is 0 Å². The molecule has 4 rings (SSSR count). The van der Waals surface area contributed by atoms with Crippen LogP contribution in [0.3, 0.4) is 0 Å². The van der Waals surface area contributed by atoms with Crippen LogP contribution in [0.15, 0.2) is 42.5 Å². The third-order valence-electron chi connectivity index (χ3n) is 3.81. The summed E-state index contributed by atoms with van der Waals surface area (Å²) in [6, 6.07) is 14.3. The molecule has 24 heavy (non-hydrogen) atoms. The predicted molar refractivity (Wildman–Crippen MR) is 101 cm³/mol. The lowest BCUT2D eigenvalue weighted by Crippen LogP contribution is -1.91. The molecule has 0 aliphatic heterocycles. The van der Waals surface area contributed by atoms with Crippen molar-refractivity contribution in [2.45, 2.75) is 13.8 Å². The molecule has 0 unspecified atom stereocenters. The first-order valence-corrected chi connectivity index (χ1v) is 8.47. The van der Waals surface area contributed by atoms with E-state index in [9.17, 15) is 0 Å². The van der Waals surface area contributed by atoms with Gasteiger partial charge in [0.2, 0.25) is 0 Å². The molecule has 5 nitrogen and oxygen atoms in total. The van der Waals surface area contributed by atoms with Gasteiger partial charge in [-0.15, -0.1) is 0 Å². The molecule has 6 heteroatoms. The Morgan fingerprint density at radius 3 is 2.54 bits per heavy atom. The van der Waals surface area contributed by atoms with E-state index in [1.165, 1.54) is 22.5 Å². The quantitative estimate of drug-likeness (QED) is 0.510. The van der Waals surface area contributed by atoms with Crippen molar-refractivity contribution in [3.05, 3.63) is 53.6 Å². The van der Waals surface area contributed by atoms with Crippen LogP contribution in [0.1, 0.15) is 11.1 Å². The van der Waals surface area contributed by atoms with Crippen molar-refractivity contribution in [3.8, 4) is 10.7 Å². The number of aromatic amines is 1. The number of nitrogen functional groups attached to an aromatic ring is 1. The number of aromatic nitrogens is 3. The van der Waals surface area contributed by atoms with Crippen LogP contribution in [0.4, 0.5) is 16.6 Å². The van der Waals surface area contributed by atoms with Crippen molar-refractivity contribution in [1.82, 2.24) is 15.0 Å². The van der Waals surface area contributed by atoms with Crippen LogP contribution in [0.5, 0.6) is 0 Å². The highest BCUT2D eigenvalue weighted by Gasteiger charge is 2.14. The second-order valence-corrected chi connectivity index (χ2v) is 6.83. The minimum absolute atomic E-state index is 0.477. The first-order chi connectivity index (χ1) is 11.6. The first-order valence-electron chi connectivity index (χ1n) is 7.65. The Kier molecular flexibility index (Phi) is 3.46. The summed E-state index contributed by atoms with van der Waals surface area (Å²) < 4.78 is 0. The van der Waals surface area contributed by atoms with Gasteiger partial charge in [-0.1, -0.05) is 35.1 Å². The average Bonchev–Trinajstić information content (AvgIpc) is 3.12. The Morgan fingerprint density at radius 1 is 1.00 bits per heavy atom. The number of benzene rings is 2. The van der Waals surface area contributed by atoms with Gasteiger partial charge in [-0.2, -0.15) is 0 Å². The fourth-order valence-corrected chi connectivity index (χ4v) is 3.39. The number of hydrogen-bond acceptors (Lipinski definition) is 5. The lowest BCUT2D eigenvalue weighted by molar-refractivity contribution is 1.33. The summed E-state index contributed by atoms with van der Waals surface area (Å²) in [5.41, 5.74) is 11.4. The molecule has 0 saturated carbocycles. The number of thiazole rings is 1. The van der Waals surface area contributed by atoms with Crippen LogP contribution in [0, 0.1) is 13.8 Å². The van der Waals surface area contributed by atoms with Crippen molar-refractivity contribution < 1.29 is 0 Å². The Morgan fingerprint density at radius 2 is 1.75 bits per heavy atom. The van der Waals surface area contributed by atoms with Crippen LogP contribution >= 0.6 is 11.3 Å². The Labute approximate surface area is 143 Å². The number of H-pyrrole nitrogens is 1. The monoisotopic (exact) mass is 335 g/mol. The van der Waals surface area contributed by atoms with Crippen LogP contribution in [0.2, 0.25) is 0 Å². The molecular formula is C18H17N5S. The molecule has 0 radical (unpaired) electrons. The van der Waals surface area contributed by atoms with Crippen molar-refractivity contribution in [2.24, 2.45) is 0 Å². The molecule has 2 aromatic carbocycles. The molecule has 0 amide bonds. The van der Waals surface area contributed by atoms with Gasteiger partial charge in [0.25, 0.3) is 0 Å². The van der Waals surface area contributed by atoms with E-state index >= 15 is 0 Å². The fourth-order valence-electron chi connectivity index (χ4n) is 2.54. The summed E-state index contributed by atoms with van der Waals surface area (Å²) in [5.74, 6) is 1.23. The molecule has 0 aliphatic carbocycles. The van der Waals surface area contributed by atoms with Gasteiger partial charge >= 0.3 is 0 Å². The van der Waals surface area contributed by atoms with Gasteiger partial charge < -0.3 is 16.0 Å². The zero-order valence-corrected chi connectivity index (χ0v) is 14.2. The standard InChI is InChI=1S/C18H17N5S/c1-10-3-6-12(7-4-10)20-18-23-16(19)15(24-18)17-21-13-8-5-11(2)9-14(13)22-17/h3-9H,19H2,1-2H3,(H,20,23)(H,21,22). The summed E-state index contributed by atoms with van der Waals surface area (Å²) in [6.45, 7) is 4.12. The molecule has 0 bridgehead atoms. The summed E-state index contributed by atoms with van der Waals surface area (Å²) in [6.07, 6.45) is 0. The number of hydrogen-bond donors (Lipinski definition) is 3. The summed E-state index contributed by atoms with van der Waals surface area (Å²) in [4.78, 5) is 13.2. The molecule has 0 atom stereocenters. The Bertz CT molecular complexity index is 1010. The van der Waals surface area contributed by atoms with Gasteiger partial charge in [0.15, 0.2) is 11.0 Å². The fraction of sp³-hybridized carbons (Fsp3) is 0.111. The summed E-state index contributed by atoms with van der Waals surface area (Å²) in [5, 5.41) is 4.04. The first kappa shape index (κ1) is 14.7. The van der Waals surface area contributed by atoms with E-state index in [0.717, 1.165) is 32.6 Å². The number of nitrogens with two attached hydrogens (primary N) is 1. The van der Waals surface area contributed by atoms with Gasteiger partial charge in [-0.05, 0) is 43.7 Å². The SMILES string of the molecule is Cc1ccc(Nc2nc(N)c(-c3nc4cc(C)ccc4[nH]3)s2)cc1. The number of nitrogens with zero attached hydrogens (tertiary/aromatic N) is 2. The van der Waals surface area contributed by atoms with Gasteiger partial charge in [0.05, 0.1) is 11.0 Å². The molecular weight excluding hydrogens is 318 g/mol. The largest absolute Gasteiger partial charge is 0.382 e. The Balaban J connectivity index is 1.68. The van der Waals surface area contributed by atoms with E-state index in [2.05, 4.69) is 58.4 Å². The van der Waals surface area contributed by atoms with E-state index < -0.39 is 0 Å². The van der Waals surface area contributed by atoms with Crippen LogP contribution in [-0.4, -0.2) is 15.0 Å². The number of imidazole rings is 1. The van der Waals surface area contributed by atoms with Gasteiger partial charge in [-0.25, -0.2) is 9.97 Å². The van der Waals surface area contributed by atoms with Gasteiger partial charge in [0, 0.05) is 5.69 Å². The number of rotatable bonds is 3. The minimum atomic E-state index is 0.477. The van der Waals surface area contributed by atoms with Crippen LogP contribution in [-0.2, 0) is 0 Å². The maximum absolute atomic E-state index is 6.10. The maximum atomic E-state index is 6.10. The highest BCUT2D eigenvalue weighted by molar-refractivity contribution is 7.19. The Hall–Kier alpha value is -2.86. The van der Waals surface area contributed by atoms with E-state index in [4.69, 9.17) is 5.73 Å². The molecule has 4 aromatic rings. The summed E-state index contributed by atoms with van der Waals surface area (Å²) >= 11 is 1.49. The smallest absolute Gasteiger partial charge is 0.189 e. The molecule has 0 saturated heterocycles. The third-order valence-corrected chi connectivity index (χ3v) is 4.80.